The molecule has 1 aliphatic heterocycles. The molecular weight excluding hydrogens is 218 g/mol. The van der Waals surface area contributed by atoms with Gasteiger partial charge in [0.15, 0.2) is 0 Å². The third-order valence-corrected chi connectivity index (χ3v) is 4.81. The van der Waals surface area contributed by atoms with E-state index in [1.807, 2.05) is 0 Å². The van der Waals surface area contributed by atoms with Gasteiger partial charge in [0.05, 0.1) is 0 Å². The first-order valence-corrected chi connectivity index (χ1v) is 7.63. The molecule has 1 N–H and O–H groups in total. The van der Waals surface area contributed by atoms with E-state index in [-0.39, 0.29) is 0 Å². The summed E-state index contributed by atoms with van der Waals surface area (Å²) in [6.07, 6.45) is 8.24. The molecule has 1 nitrogen and oxygen atoms in total. The zero-order valence-electron chi connectivity index (χ0n) is 11.5. The molecule has 1 saturated carbocycles. The summed E-state index contributed by atoms with van der Waals surface area (Å²) in [6, 6.07) is 10.1. The van der Waals surface area contributed by atoms with E-state index in [4.69, 9.17) is 0 Å². The van der Waals surface area contributed by atoms with Gasteiger partial charge in [-0.05, 0) is 68.5 Å². The molecule has 1 aliphatic carbocycles. The van der Waals surface area contributed by atoms with Crippen LogP contribution in [0.3, 0.4) is 0 Å². The van der Waals surface area contributed by atoms with Crippen LogP contribution in [0.15, 0.2) is 24.3 Å². The largest absolute Gasteiger partial charge is 0.314 e. The smallest absolute Gasteiger partial charge is 0.00389 e. The summed E-state index contributed by atoms with van der Waals surface area (Å²) in [5.74, 6) is 1.72. The highest BCUT2D eigenvalue weighted by atomic mass is 14.9. The van der Waals surface area contributed by atoms with E-state index in [9.17, 15) is 0 Å². The summed E-state index contributed by atoms with van der Waals surface area (Å²) in [6.45, 7) is 3.50. The average Bonchev–Trinajstić information content (AvgIpc) is 2.31. The Hall–Kier alpha value is -0.820. The van der Waals surface area contributed by atoms with Crippen LogP contribution < -0.4 is 5.32 Å². The molecule has 0 bridgehead atoms. The van der Waals surface area contributed by atoms with Crippen molar-refractivity contribution in [3.8, 4) is 0 Å². The maximum absolute atomic E-state index is 3.61. The van der Waals surface area contributed by atoms with Crippen molar-refractivity contribution in [2.45, 2.75) is 57.4 Å². The molecule has 98 valence electrons. The van der Waals surface area contributed by atoms with Gasteiger partial charge in [-0.3, -0.25) is 0 Å². The molecule has 0 aromatic heterocycles. The molecule has 0 spiro atoms. The van der Waals surface area contributed by atoms with Gasteiger partial charge in [0, 0.05) is 6.04 Å². The topological polar surface area (TPSA) is 12.0 Å². The molecule has 2 atom stereocenters. The highest BCUT2D eigenvalue weighted by Gasteiger charge is 2.21. The van der Waals surface area contributed by atoms with Gasteiger partial charge in [-0.15, -0.1) is 0 Å². The fourth-order valence-electron chi connectivity index (χ4n) is 3.28. The van der Waals surface area contributed by atoms with Crippen molar-refractivity contribution < 1.29 is 0 Å². The lowest BCUT2D eigenvalue weighted by Gasteiger charge is -2.29. The summed E-state index contributed by atoms with van der Waals surface area (Å²) in [7, 11) is 0. The van der Waals surface area contributed by atoms with Crippen LogP contribution in [0, 0.1) is 5.92 Å². The van der Waals surface area contributed by atoms with Crippen molar-refractivity contribution in [2.24, 2.45) is 5.92 Å². The molecule has 18 heavy (non-hydrogen) atoms. The van der Waals surface area contributed by atoms with Crippen LogP contribution in [0.2, 0.25) is 0 Å². The van der Waals surface area contributed by atoms with E-state index >= 15 is 0 Å². The number of piperidine rings is 1. The van der Waals surface area contributed by atoms with E-state index < -0.39 is 0 Å². The molecule has 1 heterocycles. The summed E-state index contributed by atoms with van der Waals surface area (Å²) in [4.78, 5) is 0. The van der Waals surface area contributed by atoms with Crippen LogP contribution in [0.25, 0.3) is 0 Å². The molecule has 0 radical (unpaired) electrons. The predicted molar refractivity (Wildman–Crippen MR) is 76.9 cm³/mol. The minimum Gasteiger partial charge on any atom is -0.314 e. The molecule has 2 fully saturated rings. The van der Waals surface area contributed by atoms with Gasteiger partial charge in [-0.1, -0.05) is 30.7 Å². The van der Waals surface area contributed by atoms with Gasteiger partial charge in [0.1, 0.15) is 0 Å². The second kappa shape index (κ2) is 5.44. The maximum Gasteiger partial charge on any atom is 0.00389 e. The van der Waals surface area contributed by atoms with E-state index in [1.54, 1.807) is 11.1 Å². The number of nitrogens with one attached hydrogen (secondary N) is 1. The van der Waals surface area contributed by atoms with Gasteiger partial charge < -0.3 is 5.32 Å². The van der Waals surface area contributed by atoms with E-state index in [0.717, 1.165) is 17.9 Å². The summed E-state index contributed by atoms with van der Waals surface area (Å²) in [5.41, 5.74) is 3.15. The minimum atomic E-state index is 0.725. The van der Waals surface area contributed by atoms with Crippen molar-refractivity contribution in [2.75, 3.05) is 6.54 Å². The molecule has 1 aromatic carbocycles. The van der Waals surface area contributed by atoms with Crippen LogP contribution in [0.4, 0.5) is 0 Å². The highest BCUT2D eigenvalue weighted by Crippen LogP contribution is 2.36. The van der Waals surface area contributed by atoms with Crippen molar-refractivity contribution in [3.63, 3.8) is 0 Å². The molecule has 2 aliphatic rings. The maximum atomic E-state index is 3.61. The average molecular weight is 243 g/mol. The van der Waals surface area contributed by atoms with Gasteiger partial charge in [-0.2, -0.15) is 0 Å². The van der Waals surface area contributed by atoms with E-state index in [0.29, 0.717) is 0 Å². The SMILES string of the molecule is CC1CCC(Cc2cccc(C3CCC3)c2)CN1. The Kier molecular flexibility index (Phi) is 3.69. The lowest BCUT2D eigenvalue weighted by molar-refractivity contribution is 0.322. The summed E-state index contributed by atoms with van der Waals surface area (Å²) < 4.78 is 0. The molecule has 2 unspecified atom stereocenters. The van der Waals surface area contributed by atoms with E-state index in [1.165, 1.54) is 45.1 Å². The summed E-state index contributed by atoms with van der Waals surface area (Å²) in [5, 5.41) is 3.61. The monoisotopic (exact) mass is 243 g/mol. The molecule has 3 rings (SSSR count). The van der Waals surface area contributed by atoms with Gasteiger partial charge in [0.2, 0.25) is 0 Å². The number of hydrogen-bond donors (Lipinski definition) is 1. The van der Waals surface area contributed by atoms with Crippen LogP contribution >= 0.6 is 0 Å². The van der Waals surface area contributed by atoms with E-state index in [2.05, 4.69) is 36.5 Å². The third-order valence-electron chi connectivity index (χ3n) is 4.81. The van der Waals surface area contributed by atoms with Crippen molar-refractivity contribution in [3.05, 3.63) is 35.4 Å². The number of benzene rings is 1. The van der Waals surface area contributed by atoms with Gasteiger partial charge >= 0.3 is 0 Å². The van der Waals surface area contributed by atoms with Crippen LogP contribution in [-0.2, 0) is 6.42 Å². The zero-order chi connectivity index (χ0) is 12.4. The highest BCUT2D eigenvalue weighted by molar-refractivity contribution is 5.28. The number of hydrogen-bond acceptors (Lipinski definition) is 1. The lowest BCUT2D eigenvalue weighted by atomic mass is 9.79. The fourth-order valence-corrected chi connectivity index (χ4v) is 3.28. The molecule has 0 amide bonds. The summed E-state index contributed by atoms with van der Waals surface area (Å²) >= 11 is 0. The number of rotatable bonds is 3. The Morgan fingerprint density at radius 1 is 1.17 bits per heavy atom. The predicted octanol–water partition coefficient (Wildman–Crippen LogP) is 3.88. The van der Waals surface area contributed by atoms with Crippen LogP contribution in [-0.4, -0.2) is 12.6 Å². The Bertz CT molecular complexity index is 386. The Morgan fingerprint density at radius 3 is 2.72 bits per heavy atom. The lowest BCUT2D eigenvalue weighted by Crippen LogP contribution is -2.37. The molecule has 1 heteroatoms. The molecular formula is C17H25N. The third kappa shape index (κ3) is 2.77. The fraction of sp³-hybridized carbons (Fsp3) is 0.647. The quantitative estimate of drug-likeness (QED) is 0.849. The van der Waals surface area contributed by atoms with Crippen molar-refractivity contribution in [1.29, 1.82) is 0 Å². The van der Waals surface area contributed by atoms with Gasteiger partial charge in [-0.25, -0.2) is 0 Å². The Balaban J connectivity index is 1.61. The first-order chi connectivity index (χ1) is 8.81. The normalized spacial score (nSPS) is 28.9. The second-order valence-electron chi connectivity index (χ2n) is 6.33. The van der Waals surface area contributed by atoms with Gasteiger partial charge in [0.25, 0.3) is 0 Å². The Morgan fingerprint density at radius 2 is 2.06 bits per heavy atom. The first kappa shape index (κ1) is 12.2. The first-order valence-electron chi connectivity index (χ1n) is 7.63. The standard InChI is InChI=1S/C17H25N/c1-13-8-9-15(12-18-13)10-14-4-2-7-17(11-14)16-5-3-6-16/h2,4,7,11,13,15-16,18H,3,5-6,8-10,12H2,1H3. The van der Waals surface area contributed by atoms with Crippen LogP contribution in [0.1, 0.15) is 56.1 Å². The van der Waals surface area contributed by atoms with Crippen molar-refractivity contribution >= 4 is 0 Å². The minimum absolute atomic E-state index is 0.725. The Labute approximate surface area is 111 Å². The molecule has 1 saturated heterocycles. The zero-order valence-corrected chi connectivity index (χ0v) is 11.5. The second-order valence-corrected chi connectivity index (χ2v) is 6.33. The molecule has 1 aromatic rings. The van der Waals surface area contributed by atoms with Crippen LogP contribution in [0.5, 0.6) is 0 Å². The van der Waals surface area contributed by atoms with Crippen molar-refractivity contribution in [1.82, 2.24) is 5.32 Å².